The Morgan fingerprint density at radius 3 is 2.28 bits per heavy atom. The molecule has 3 nitrogen and oxygen atoms in total. The Balaban J connectivity index is 2.27. The molecule has 0 unspecified atom stereocenters. The highest BCUT2D eigenvalue weighted by Crippen LogP contribution is 2.40. The number of rotatable bonds is 2. The van der Waals surface area contributed by atoms with Crippen molar-refractivity contribution in [3.63, 3.8) is 0 Å². The molecule has 98 valence electrons. The third-order valence-electron chi connectivity index (χ3n) is 3.62. The zero-order valence-electron chi connectivity index (χ0n) is 11.3. The van der Waals surface area contributed by atoms with E-state index in [0.29, 0.717) is 5.57 Å². The Morgan fingerprint density at radius 2 is 1.83 bits per heavy atom. The lowest BCUT2D eigenvalue weighted by Gasteiger charge is -2.32. The quantitative estimate of drug-likeness (QED) is 0.770. The summed E-state index contributed by atoms with van der Waals surface area (Å²) >= 11 is 1.40. The molecule has 0 N–H and O–H groups in total. The van der Waals surface area contributed by atoms with Crippen LogP contribution in [0.4, 0.5) is 4.39 Å². The molecule has 1 fully saturated rings. The lowest BCUT2D eigenvalue weighted by atomic mass is 9.85. The fraction of sp³-hybridized carbons (Fsp3) is 0.583. The highest BCUT2D eigenvalue weighted by atomic mass is 32.1. The van der Waals surface area contributed by atoms with Crippen molar-refractivity contribution in [2.24, 2.45) is 0 Å². The van der Waals surface area contributed by atoms with Gasteiger partial charge < -0.3 is 9.31 Å². The van der Waals surface area contributed by atoms with E-state index in [1.807, 2.05) is 27.7 Å². The van der Waals surface area contributed by atoms with Crippen molar-refractivity contribution in [2.45, 2.75) is 45.8 Å². The summed E-state index contributed by atoms with van der Waals surface area (Å²) in [7, 11) is -0.933. The average Bonchev–Trinajstić information content (AvgIpc) is 2.84. The molecule has 0 aliphatic carbocycles. The van der Waals surface area contributed by atoms with E-state index in [2.05, 4.69) is 4.98 Å². The van der Waals surface area contributed by atoms with Crippen LogP contribution in [0.3, 0.4) is 0 Å². The minimum absolute atomic E-state index is 0.377. The van der Waals surface area contributed by atoms with Crippen molar-refractivity contribution >= 4 is 24.0 Å². The first-order valence-corrected chi connectivity index (χ1v) is 6.73. The van der Waals surface area contributed by atoms with Gasteiger partial charge in [0.1, 0.15) is 5.73 Å². The number of aromatic nitrogens is 1. The Labute approximate surface area is 111 Å². The van der Waals surface area contributed by atoms with E-state index in [1.165, 1.54) is 11.3 Å². The van der Waals surface area contributed by atoms with Crippen LogP contribution in [0.25, 0.3) is 5.57 Å². The zero-order valence-corrected chi connectivity index (χ0v) is 12.1. The monoisotopic (exact) mass is 269 g/mol. The van der Waals surface area contributed by atoms with Gasteiger partial charge in [0.2, 0.25) is 0 Å². The summed E-state index contributed by atoms with van der Waals surface area (Å²) in [6.07, 6.45) is 1.64. The van der Waals surface area contributed by atoms with E-state index in [4.69, 9.17) is 9.31 Å². The van der Waals surface area contributed by atoms with E-state index in [-0.39, 0.29) is 5.73 Å². The predicted octanol–water partition coefficient (Wildman–Crippen LogP) is 3.48. The van der Waals surface area contributed by atoms with Gasteiger partial charge in [-0.3, -0.25) is 4.98 Å². The van der Waals surface area contributed by atoms with Crippen LogP contribution in [-0.2, 0) is 9.31 Å². The Bertz CT molecular complexity index is 454. The Morgan fingerprint density at radius 1 is 1.28 bits per heavy atom. The highest BCUT2D eigenvalue weighted by molar-refractivity contribution is 7.10. The van der Waals surface area contributed by atoms with Crippen molar-refractivity contribution in [1.82, 2.24) is 4.98 Å². The molecule has 18 heavy (non-hydrogen) atoms. The summed E-state index contributed by atoms with van der Waals surface area (Å²) < 4.78 is 25.7. The molecule has 2 heterocycles. The molecule has 1 saturated heterocycles. The number of hydrogen-bond donors (Lipinski definition) is 0. The van der Waals surface area contributed by atoms with Crippen molar-refractivity contribution in [2.75, 3.05) is 0 Å². The average molecular weight is 269 g/mol. The molecule has 0 radical (unpaired) electrons. The number of thiazole rings is 1. The van der Waals surface area contributed by atoms with Gasteiger partial charge in [0, 0.05) is 6.20 Å². The van der Waals surface area contributed by atoms with Gasteiger partial charge in [-0.1, -0.05) is 0 Å². The first kappa shape index (κ1) is 13.7. The Kier molecular flexibility index (Phi) is 3.38. The normalized spacial score (nSPS) is 23.1. The van der Waals surface area contributed by atoms with Crippen molar-refractivity contribution in [3.05, 3.63) is 22.3 Å². The van der Waals surface area contributed by atoms with Gasteiger partial charge in [-0.15, -0.1) is 11.3 Å². The molecule has 2 rings (SSSR count). The molecule has 1 aromatic rings. The highest BCUT2D eigenvalue weighted by Gasteiger charge is 2.53. The van der Waals surface area contributed by atoms with Crippen LogP contribution in [0.15, 0.2) is 17.4 Å². The van der Waals surface area contributed by atoms with Gasteiger partial charge >= 0.3 is 7.12 Å². The second-order valence-corrected chi connectivity index (χ2v) is 6.31. The molecule has 0 saturated carbocycles. The maximum atomic E-state index is 14.4. The maximum absolute atomic E-state index is 14.4. The number of nitrogens with zero attached hydrogens (tertiary/aromatic N) is 1. The molecule has 0 spiro atoms. The number of hydrogen-bond acceptors (Lipinski definition) is 4. The van der Waals surface area contributed by atoms with Crippen molar-refractivity contribution < 1.29 is 13.7 Å². The molecular formula is C12H17BFNO2S. The molecule has 6 heteroatoms. The van der Waals surface area contributed by atoms with Crippen LogP contribution in [0, 0.1) is 0 Å². The fourth-order valence-corrected chi connectivity index (χ4v) is 2.27. The number of halogens is 1. The van der Waals surface area contributed by atoms with Crippen LogP contribution < -0.4 is 0 Å². The van der Waals surface area contributed by atoms with Gasteiger partial charge in [0.05, 0.1) is 21.6 Å². The van der Waals surface area contributed by atoms with E-state index in [1.54, 1.807) is 18.6 Å². The first-order valence-electron chi connectivity index (χ1n) is 5.85. The first-order chi connectivity index (χ1) is 8.24. The van der Waals surface area contributed by atoms with Crippen molar-refractivity contribution in [1.29, 1.82) is 0 Å². The molecule has 1 aliphatic rings. The van der Waals surface area contributed by atoms with Gasteiger partial charge in [0.15, 0.2) is 0 Å². The van der Waals surface area contributed by atoms with E-state index in [9.17, 15) is 4.39 Å². The molecular weight excluding hydrogens is 252 g/mol. The molecule has 1 aromatic heterocycles. The van der Waals surface area contributed by atoms with Gasteiger partial charge in [-0.2, -0.15) is 0 Å². The fourth-order valence-electron chi connectivity index (χ4n) is 1.64. The van der Waals surface area contributed by atoms with Gasteiger partial charge in [-0.05, 0) is 40.2 Å². The molecule has 0 bridgehead atoms. The lowest BCUT2D eigenvalue weighted by Crippen LogP contribution is -2.41. The summed E-state index contributed by atoms with van der Waals surface area (Å²) in [5.74, 6) is 0. The summed E-state index contributed by atoms with van der Waals surface area (Å²) in [6, 6.07) is 0. The molecule has 0 atom stereocenters. The second-order valence-electron chi connectivity index (χ2n) is 5.43. The summed E-state index contributed by atoms with van der Waals surface area (Å²) in [4.78, 5) is 4.74. The summed E-state index contributed by atoms with van der Waals surface area (Å²) in [5, 5.41) is 0. The van der Waals surface area contributed by atoms with E-state index in [0.717, 1.165) is 4.88 Å². The van der Waals surface area contributed by atoms with Gasteiger partial charge in [0.25, 0.3) is 0 Å². The molecule has 0 aromatic carbocycles. The zero-order chi connectivity index (χ0) is 13.6. The van der Waals surface area contributed by atoms with Crippen molar-refractivity contribution in [3.8, 4) is 0 Å². The smallest absolute Gasteiger partial charge is 0.398 e. The van der Waals surface area contributed by atoms with Crippen LogP contribution in [0.5, 0.6) is 0 Å². The van der Waals surface area contributed by atoms with Crippen LogP contribution in [-0.4, -0.2) is 23.3 Å². The van der Waals surface area contributed by atoms with Gasteiger partial charge in [-0.25, -0.2) is 4.39 Å². The topological polar surface area (TPSA) is 31.4 Å². The van der Waals surface area contributed by atoms with Crippen LogP contribution in [0.2, 0.25) is 0 Å². The summed E-state index contributed by atoms with van der Waals surface area (Å²) in [6.45, 7) is 9.34. The SMILES string of the molecule is CC(=C(F)B1OC(C)(C)C(C)(C)O1)c1cncs1. The third kappa shape index (κ3) is 2.24. The van der Waals surface area contributed by atoms with Crippen LogP contribution in [0.1, 0.15) is 39.5 Å². The predicted molar refractivity (Wildman–Crippen MR) is 71.9 cm³/mol. The lowest BCUT2D eigenvalue weighted by molar-refractivity contribution is 0.00578. The second kappa shape index (κ2) is 4.44. The number of allylic oxidation sites excluding steroid dienone is 1. The third-order valence-corrected chi connectivity index (χ3v) is 4.51. The summed E-state index contributed by atoms with van der Waals surface area (Å²) in [5.41, 5.74) is 0.774. The largest absolute Gasteiger partial charge is 0.525 e. The van der Waals surface area contributed by atoms with E-state index >= 15 is 0 Å². The minimum Gasteiger partial charge on any atom is -0.398 e. The minimum atomic E-state index is -0.933. The molecule has 0 amide bonds. The molecule has 1 aliphatic heterocycles. The Hall–Kier alpha value is -0.715. The van der Waals surface area contributed by atoms with Crippen LogP contribution >= 0.6 is 11.3 Å². The standard InChI is InChI=1S/C12H17BFNO2S/c1-8(9-6-15-7-18-9)10(14)13-16-11(2,3)12(4,5)17-13/h6-7H,1-5H3. The van der Waals surface area contributed by atoms with E-state index < -0.39 is 18.3 Å². The maximum Gasteiger partial charge on any atom is 0.525 e.